The molecule has 2 amide bonds. The van der Waals surface area contributed by atoms with Gasteiger partial charge in [-0.3, -0.25) is 9.88 Å². The molecule has 0 unspecified atom stereocenters. The van der Waals surface area contributed by atoms with Crippen molar-refractivity contribution in [1.29, 1.82) is 0 Å². The monoisotopic (exact) mass is 496 g/mol. The molecule has 2 aliphatic heterocycles. The number of halogens is 1. The van der Waals surface area contributed by atoms with Crippen LogP contribution in [0.1, 0.15) is 12.0 Å². The van der Waals surface area contributed by atoms with Crippen LogP contribution in [-0.4, -0.2) is 69.0 Å². The maximum Gasteiger partial charge on any atom is 0.318 e. The molecule has 36 heavy (non-hydrogen) atoms. The van der Waals surface area contributed by atoms with E-state index in [2.05, 4.69) is 20.5 Å². The number of hydrogen-bond donors (Lipinski definition) is 2. The highest BCUT2D eigenvalue weighted by atomic mass is 19.1. The third-order valence-corrected chi connectivity index (χ3v) is 6.22. The lowest BCUT2D eigenvalue weighted by atomic mass is 10.0. The highest BCUT2D eigenvalue weighted by molar-refractivity contribution is 5.93. The van der Waals surface area contributed by atoms with Gasteiger partial charge in [-0.05, 0) is 24.6 Å². The number of nitrogens with one attached hydrogen (secondary N) is 2. The lowest BCUT2D eigenvalue weighted by Gasteiger charge is -2.26. The molecule has 10 heteroatoms. The van der Waals surface area contributed by atoms with E-state index in [0.29, 0.717) is 48.1 Å². The van der Waals surface area contributed by atoms with E-state index in [-0.39, 0.29) is 5.75 Å². The number of urea groups is 1. The minimum atomic E-state index is -0.595. The molecule has 0 bridgehead atoms. The van der Waals surface area contributed by atoms with Crippen LogP contribution in [0.3, 0.4) is 0 Å². The number of carbonyl (C=O) groups is 1. The Labute approximate surface area is 208 Å². The van der Waals surface area contributed by atoms with Gasteiger partial charge in [-0.2, -0.15) is 0 Å². The van der Waals surface area contributed by atoms with Crippen LogP contribution in [0.2, 0.25) is 0 Å². The number of rotatable bonds is 8. The standard InChI is InChI=1S/C26H29FN4O5/c1-28-26(32)30-17-3-4-21(19(27)15-17)36-22-5-7-29-20-16-23(25-18(24(20)22)6-12-35-25)34-11-2-8-31-9-13-33-14-10-31/h3-5,7,15-16H,2,6,8-14H2,1H3,(H2,28,30,32). The average Bonchev–Trinajstić information content (AvgIpc) is 3.39. The largest absolute Gasteiger partial charge is 0.490 e. The van der Waals surface area contributed by atoms with Gasteiger partial charge in [-0.1, -0.05) is 0 Å². The molecule has 0 spiro atoms. The number of hydrogen-bond acceptors (Lipinski definition) is 7. The first-order valence-corrected chi connectivity index (χ1v) is 12.1. The molecule has 9 nitrogen and oxygen atoms in total. The van der Waals surface area contributed by atoms with Crippen molar-refractivity contribution in [3.8, 4) is 23.0 Å². The van der Waals surface area contributed by atoms with Gasteiger partial charge in [0.05, 0.1) is 37.3 Å². The Balaban J connectivity index is 1.34. The number of benzene rings is 2. The SMILES string of the molecule is CNC(=O)Nc1ccc(Oc2ccnc3cc(OCCCN4CCOCC4)c4c(c23)CCO4)c(F)c1. The molecule has 1 fully saturated rings. The number of aromatic nitrogens is 1. The number of amides is 2. The van der Waals surface area contributed by atoms with Gasteiger partial charge in [0.25, 0.3) is 0 Å². The Kier molecular flexibility index (Phi) is 7.33. The van der Waals surface area contributed by atoms with Gasteiger partial charge >= 0.3 is 6.03 Å². The predicted molar refractivity (Wildman–Crippen MR) is 133 cm³/mol. The third-order valence-electron chi connectivity index (χ3n) is 6.22. The molecule has 190 valence electrons. The quantitative estimate of drug-likeness (QED) is 0.456. The Morgan fingerprint density at radius 3 is 2.81 bits per heavy atom. The summed E-state index contributed by atoms with van der Waals surface area (Å²) < 4.78 is 38.2. The molecule has 1 saturated heterocycles. The highest BCUT2D eigenvalue weighted by Gasteiger charge is 2.25. The Bertz CT molecular complexity index is 1250. The minimum absolute atomic E-state index is 0.0426. The predicted octanol–water partition coefficient (Wildman–Crippen LogP) is 3.95. The maximum atomic E-state index is 14.8. The summed E-state index contributed by atoms with van der Waals surface area (Å²) in [7, 11) is 1.49. The number of nitrogens with zero attached hydrogens (tertiary/aromatic N) is 2. The van der Waals surface area contributed by atoms with Crippen LogP contribution in [0.25, 0.3) is 10.9 Å². The van der Waals surface area contributed by atoms with Crippen molar-refractivity contribution < 1.29 is 28.1 Å². The number of anilines is 1. The summed E-state index contributed by atoms with van der Waals surface area (Å²) in [6.07, 6.45) is 3.20. The number of pyridine rings is 1. The van der Waals surface area contributed by atoms with Crippen LogP contribution in [0.5, 0.6) is 23.0 Å². The molecular weight excluding hydrogens is 467 g/mol. The van der Waals surface area contributed by atoms with E-state index in [1.54, 1.807) is 18.3 Å². The van der Waals surface area contributed by atoms with E-state index in [4.69, 9.17) is 18.9 Å². The molecule has 0 saturated carbocycles. The molecule has 5 rings (SSSR count). The van der Waals surface area contributed by atoms with E-state index in [0.717, 1.165) is 50.2 Å². The first-order valence-electron chi connectivity index (χ1n) is 12.1. The number of ether oxygens (including phenoxy) is 4. The molecule has 0 radical (unpaired) electrons. The second-order valence-corrected chi connectivity index (χ2v) is 8.59. The molecule has 2 aliphatic rings. The van der Waals surface area contributed by atoms with Crippen molar-refractivity contribution in [2.45, 2.75) is 12.8 Å². The second-order valence-electron chi connectivity index (χ2n) is 8.59. The zero-order chi connectivity index (χ0) is 24.9. The zero-order valence-electron chi connectivity index (χ0n) is 20.1. The van der Waals surface area contributed by atoms with E-state index < -0.39 is 11.8 Å². The highest BCUT2D eigenvalue weighted by Crippen LogP contribution is 2.44. The van der Waals surface area contributed by atoms with Crippen molar-refractivity contribution in [3.05, 3.63) is 47.9 Å². The van der Waals surface area contributed by atoms with Gasteiger partial charge in [0, 0.05) is 62.7 Å². The van der Waals surface area contributed by atoms with Crippen molar-refractivity contribution in [3.63, 3.8) is 0 Å². The smallest absolute Gasteiger partial charge is 0.318 e. The molecule has 2 N–H and O–H groups in total. The fourth-order valence-electron chi connectivity index (χ4n) is 4.44. The van der Waals surface area contributed by atoms with Crippen LogP contribution >= 0.6 is 0 Å². The number of carbonyl (C=O) groups excluding carboxylic acids is 1. The van der Waals surface area contributed by atoms with Gasteiger partial charge in [0.15, 0.2) is 23.1 Å². The first-order chi connectivity index (χ1) is 17.6. The van der Waals surface area contributed by atoms with Gasteiger partial charge in [-0.15, -0.1) is 0 Å². The third kappa shape index (κ3) is 5.29. The summed E-state index contributed by atoms with van der Waals surface area (Å²) in [5, 5.41) is 5.74. The molecule has 2 aromatic carbocycles. The first kappa shape index (κ1) is 24.1. The van der Waals surface area contributed by atoms with E-state index >= 15 is 0 Å². The van der Waals surface area contributed by atoms with Gasteiger partial charge in [-0.25, -0.2) is 9.18 Å². The summed E-state index contributed by atoms with van der Waals surface area (Å²) in [6.45, 7) is 5.52. The van der Waals surface area contributed by atoms with Crippen LogP contribution in [-0.2, 0) is 11.2 Å². The Morgan fingerprint density at radius 1 is 1.14 bits per heavy atom. The van der Waals surface area contributed by atoms with Crippen molar-refractivity contribution in [2.75, 3.05) is 58.4 Å². The second kappa shape index (κ2) is 11.0. The van der Waals surface area contributed by atoms with Crippen molar-refractivity contribution in [2.24, 2.45) is 0 Å². The van der Waals surface area contributed by atoms with Crippen molar-refractivity contribution in [1.82, 2.24) is 15.2 Å². The normalized spacial score (nSPS) is 15.3. The molecular formula is C26H29FN4O5. The molecule has 1 aromatic heterocycles. The van der Waals surface area contributed by atoms with Gasteiger partial charge in [0.1, 0.15) is 5.75 Å². The summed E-state index contributed by atoms with van der Waals surface area (Å²) in [5.74, 6) is 1.28. The topological polar surface area (TPSA) is 94.2 Å². The summed E-state index contributed by atoms with van der Waals surface area (Å²) >= 11 is 0. The lowest BCUT2D eigenvalue weighted by Crippen LogP contribution is -2.37. The Hall–Kier alpha value is -3.63. The minimum Gasteiger partial charge on any atom is -0.490 e. The fourth-order valence-corrected chi connectivity index (χ4v) is 4.44. The van der Waals surface area contributed by atoms with Crippen molar-refractivity contribution >= 4 is 22.6 Å². The summed E-state index contributed by atoms with van der Waals surface area (Å²) in [5.41, 5.74) is 1.96. The number of morpholine rings is 1. The van der Waals surface area contributed by atoms with Crippen LogP contribution in [0.15, 0.2) is 36.5 Å². The molecule has 3 heterocycles. The van der Waals surface area contributed by atoms with E-state index in [1.807, 2.05) is 6.07 Å². The summed E-state index contributed by atoms with van der Waals surface area (Å²) in [6, 6.07) is 7.40. The van der Waals surface area contributed by atoms with E-state index in [9.17, 15) is 9.18 Å². The Morgan fingerprint density at radius 2 is 2.00 bits per heavy atom. The zero-order valence-corrected chi connectivity index (χ0v) is 20.1. The lowest BCUT2D eigenvalue weighted by molar-refractivity contribution is 0.0357. The van der Waals surface area contributed by atoms with Gasteiger partial charge < -0.3 is 29.6 Å². The van der Waals surface area contributed by atoms with E-state index in [1.165, 1.54) is 19.2 Å². The van der Waals surface area contributed by atoms with Crippen LogP contribution < -0.4 is 24.8 Å². The molecule has 0 atom stereocenters. The fraction of sp³-hybridized carbons (Fsp3) is 0.385. The molecule has 3 aromatic rings. The molecule has 0 aliphatic carbocycles. The van der Waals surface area contributed by atoms with Crippen LogP contribution in [0, 0.1) is 5.82 Å². The number of fused-ring (bicyclic) bond motifs is 3. The summed E-state index contributed by atoms with van der Waals surface area (Å²) in [4.78, 5) is 18.4. The van der Waals surface area contributed by atoms with Crippen LogP contribution in [0.4, 0.5) is 14.9 Å². The van der Waals surface area contributed by atoms with Gasteiger partial charge in [0.2, 0.25) is 0 Å². The average molecular weight is 497 g/mol. The maximum absolute atomic E-state index is 14.8.